The Hall–Kier alpha value is -0.610. The van der Waals surface area contributed by atoms with Gasteiger partial charge in [-0.2, -0.15) is 0 Å². The standard InChI is InChI=1S/C11H20N2O2/c1-2-11(3-5-12-6-4-11)10(14)13-9-7-15-8-9/h9,12H,2-8H2,1H3,(H,13,14). The van der Waals surface area contributed by atoms with Crippen LogP contribution in [0.4, 0.5) is 0 Å². The fourth-order valence-corrected chi connectivity index (χ4v) is 2.30. The van der Waals surface area contributed by atoms with E-state index in [1.807, 2.05) is 0 Å². The molecule has 2 saturated heterocycles. The summed E-state index contributed by atoms with van der Waals surface area (Å²) in [7, 11) is 0. The summed E-state index contributed by atoms with van der Waals surface area (Å²) in [5.74, 6) is 0.236. The van der Waals surface area contributed by atoms with Crippen molar-refractivity contribution in [3.63, 3.8) is 0 Å². The van der Waals surface area contributed by atoms with Gasteiger partial charge in [0.15, 0.2) is 0 Å². The number of rotatable bonds is 3. The van der Waals surface area contributed by atoms with E-state index >= 15 is 0 Å². The van der Waals surface area contributed by atoms with Gasteiger partial charge in [0.05, 0.1) is 24.7 Å². The van der Waals surface area contributed by atoms with Crippen molar-refractivity contribution >= 4 is 5.91 Å². The number of carbonyl (C=O) groups is 1. The van der Waals surface area contributed by atoms with Crippen molar-refractivity contribution in [1.29, 1.82) is 0 Å². The first kappa shape index (κ1) is 10.9. The molecule has 4 heteroatoms. The largest absolute Gasteiger partial charge is 0.377 e. The molecule has 15 heavy (non-hydrogen) atoms. The fourth-order valence-electron chi connectivity index (χ4n) is 2.30. The zero-order chi connectivity index (χ0) is 10.7. The molecule has 2 heterocycles. The highest BCUT2D eigenvalue weighted by Crippen LogP contribution is 2.32. The lowest BCUT2D eigenvalue weighted by atomic mass is 9.75. The van der Waals surface area contributed by atoms with Gasteiger partial charge < -0.3 is 15.4 Å². The number of hydrogen-bond acceptors (Lipinski definition) is 3. The number of amides is 1. The molecule has 2 rings (SSSR count). The molecule has 1 amide bonds. The van der Waals surface area contributed by atoms with Crippen LogP contribution >= 0.6 is 0 Å². The topological polar surface area (TPSA) is 50.4 Å². The van der Waals surface area contributed by atoms with Gasteiger partial charge in [-0.3, -0.25) is 4.79 Å². The molecule has 0 unspecified atom stereocenters. The van der Waals surface area contributed by atoms with Crippen LogP contribution in [0.2, 0.25) is 0 Å². The monoisotopic (exact) mass is 212 g/mol. The Balaban J connectivity index is 1.93. The molecular weight excluding hydrogens is 192 g/mol. The average molecular weight is 212 g/mol. The van der Waals surface area contributed by atoms with Crippen molar-refractivity contribution in [3.05, 3.63) is 0 Å². The number of hydrogen-bond donors (Lipinski definition) is 2. The molecule has 86 valence electrons. The zero-order valence-electron chi connectivity index (χ0n) is 9.34. The molecule has 0 atom stereocenters. The minimum Gasteiger partial charge on any atom is -0.377 e. The van der Waals surface area contributed by atoms with Crippen LogP contribution in [0.1, 0.15) is 26.2 Å². The summed E-state index contributed by atoms with van der Waals surface area (Å²) in [6.07, 6.45) is 2.86. The third-order valence-corrected chi connectivity index (χ3v) is 3.69. The molecule has 2 aliphatic heterocycles. The van der Waals surface area contributed by atoms with Crippen molar-refractivity contribution in [2.24, 2.45) is 5.41 Å². The predicted octanol–water partition coefficient (Wildman–Crippen LogP) is 0.281. The highest BCUT2D eigenvalue weighted by molar-refractivity contribution is 5.83. The minimum atomic E-state index is -0.124. The maximum atomic E-state index is 12.2. The first-order chi connectivity index (χ1) is 7.27. The van der Waals surface area contributed by atoms with E-state index in [4.69, 9.17) is 4.74 Å². The SMILES string of the molecule is CCC1(C(=O)NC2COC2)CCNCC1. The van der Waals surface area contributed by atoms with Gasteiger partial charge in [0.1, 0.15) is 0 Å². The third kappa shape index (κ3) is 2.16. The Labute approximate surface area is 90.8 Å². The lowest BCUT2D eigenvalue weighted by molar-refractivity contribution is -0.137. The fraction of sp³-hybridized carbons (Fsp3) is 0.909. The van der Waals surface area contributed by atoms with E-state index in [2.05, 4.69) is 17.6 Å². The summed E-state index contributed by atoms with van der Waals surface area (Å²) >= 11 is 0. The lowest BCUT2D eigenvalue weighted by Gasteiger charge is -2.38. The number of carbonyl (C=O) groups excluding carboxylic acids is 1. The molecule has 0 aromatic rings. The Kier molecular flexibility index (Phi) is 3.26. The van der Waals surface area contributed by atoms with Gasteiger partial charge in [-0.15, -0.1) is 0 Å². The molecule has 0 spiro atoms. The van der Waals surface area contributed by atoms with Crippen LogP contribution < -0.4 is 10.6 Å². The normalized spacial score (nSPS) is 25.7. The van der Waals surface area contributed by atoms with Crippen LogP contribution in [-0.2, 0) is 9.53 Å². The summed E-state index contributed by atoms with van der Waals surface area (Å²) in [6, 6.07) is 0.260. The highest BCUT2D eigenvalue weighted by Gasteiger charge is 2.39. The van der Waals surface area contributed by atoms with Gasteiger partial charge in [-0.25, -0.2) is 0 Å². The average Bonchev–Trinajstić information content (AvgIpc) is 2.24. The number of ether oxygens (including phenoxy) is 1. The van der Waals surface area contributed by atoms with Crippen LogP contribution in [0.25, 0.3) is 0 Å². The van der Waals surface area contributed by atoms with E-state index in [9.17, 15) is 4.79 Å². The summed E-state index contributed by atoms with van der Waals surface area (Å²) in [5, 5.41) is 6.39. The molecule has 0 radical (unpaired) electrons. The molecule has 2 N–H and O–H groups in total. The van der Waals surface area contributed by atoms with E-state index < -0.39 is 0 Å². The van der Waals surface area contributed by atoms with Gasteiger partial charge in [0.2, 0.25) is 5.91 Å². The van der Waals surface area contributed by atoms with Crippen LogP contribution in [0.15, 0.2) is 0 Å². The van der Waals surface area contributed by atoms with E-state index in [1.54, 1.807) is 0 Å². The van der Waals surface area contributed by atoms with Gasteiger partial charge in [0.25, 0.3) is 0 Å². The second kappa shape index (κ2) is 4.49. The Morgan fingerprint density at radius 2 is 2.13 bits per heavy atom. The van der Waals surface area contributed by atoms with Crippen molar-refractivity contribution in [1.82, 2.24) is 10.6 Å². The quantitative estimate of drug-likeness (QED) is 0.706. The lowest BCUT2D eigenvalue weighted by Crippen LogP contribution is -2.55. The van der Waals surface area contributed by atoms with Crippen LogP contribution in [-0.4, -0.2) is 38.3 Å². The molecule has 0 bridgehead atoms. The van der Waals surface area contributed by atoms with Crippen molar-refractivity contribution < 1.29 is 9.53 Å². The number of nitrogens with one attached hydrogen (secondary N) is 2. The smallest absolute Gasteiger partial charge is 0.226 e. The number of piperidine rings is 1. The van der Waals surface area contributed by atoms with Crippen LogP contribution in [0, 0.1) is 5.41 Å². The molecule has 0 aromatic heterocycles. The highest BCUT2D eigenvalue weighted by atomic mass is 16.5. The molecule has 4 nitrogen and oxygen atoms in total. The zero-order valence-corrected chi connectivity index (χ0v) is 9.34. The van der Waals surface area contributed by atoms with E-state index in [-0.39, 0.29) is 17.4 Å². The van der Waals surface area contributed by atoms with Crippen LogP contribution in [0.5, 0.6) is 0 Å². The van der Waals surface area contributed by atoms with Crippen molar-refractivity contribution in [2.45, 2.75) is 32.2 Å². The maximum absolute atomic E-state index is 12.2. The summed E-state index contributed by atoms with van der Waals surface area (Å²) in [5.41, 5.74) is -0.124. The Morgan fingerprint density at radius 1 is 1.47 bits per heavy atom. The molecule has 2 fully saturated rings. The summed E-state index contributed by atoms with van der Waals surface area (Å²) in [4.78, 5) is 12.2. The van der Waals surface area contributed by atoms with Crippen LogP contribution in [0.3, 0.4) is 0 Å². The van der Waals surface area contributed by atoms with Gasteiger partial charge in [0, 0.05) is 0 Å². The van der Waals surface area contributed by atoms with E-state index in [1.165, 1.54) is 0 Å². The molecule has 0 aromatic carbocycles. The van der Waals surface area contributed by atoms with E-state index in [0.29, 0.717) is 13.2 Å². The molecular formula is C11H20N2O2. The summed E-state index contributed by atoms with van der Waals surface area (Å²) < 4.78 is 5.06. The minimum absolute atomic E-state index is 0.124. The molecule has 0 saturated carbocycles. The summed E-state index contributed by atoms with van der Waals surface area (Å²) in [6.45, 7) is 5.40. The van der Waals surface area contributed by atoms with Gasteiger partial charge in [-0.05, 0) is 32.4 Å². The van der Waals surface area contributed by atoms with Gasteiger partial charge >= 0.3 is 0 Å². The van der Waals surface area contributed by atoms with Crippen molar-refractivity contribution in [3.8, 4) is 0 Å². The maximum Gasteiger partial charge on any atom is 0.226 e. The second-order valence-electron chi connectivity index (χ2n) is 4.59. The predicted molar refractivity (Wildman–Crippen MR) is 57.6 cm³/mol. The molecule has 2 aliphatic rings. The first-order valence-corrected chi connectivity index (χ1v) is 5.86. The Morgan fingerprint density at radius 3 is 2.60 bits per heavy atom. The third-order valence-electron chi connectivity index (χ3n) is 3.69. The second-order valence-corrected chi connectivity index (χ2v) is 4.59. The van der Waals surface area contributed by atoms with Gasteiger partial charge in [-0.1, -0.05) is 6.92 Å². The van der Waals surface area contributed by atoms with E-state index in [0.717, 1.165) is 32.4 Å². The van der Waals surface area contributed by atoms with Crippen molar-refractivity contribution in [2.75, 3.05) is 26.3 Å². The first-order valence-electron chi connectivity index (χ1n) is 5.86. The molecule has 0 aliphatic carbocycles. The Bertz CT molecular complexity index is 233.